The molecule has 0 radical (unpaired) electrons. The van der Waals surface area contributed by atoms with Gasteiger partial charge < -0.3 is 9.63 Å². The summed E-state index contributed by atoms with van der Waals surface area (Å²) in [7, 11) is -3.97. The molecule has 6 heteroatoms. The lowest BCUT2D eigenvalue weighted by molar-refractivity contribution is 0.146. The van der Waals surface area contributed by atoms with E-state index in [1.54, 1.807) is 6.92 Å². The third-order valence-corrected chi connectivity index (χ3v) is 1.57. The van der Waals surface area contributed by atoms with Crippen LogP contribution in [-0.2, 0) is 13.6 Å². The molecule has 1 atom stereocenters. The Bertz CT molecular complexity index is 166. The van der Waals surface area contributed by atoms with Gasteiger partial charge in [0.05, 0.1) is 19.5 Å². The number of hydrogen-bond donors (Lipinski definition) is 2. The molecule has 0 spiro atoms. The molecular weight excluding hydrogens is 171 g/mol. The average Bonchev–Trinajstić information content (AvgIpc) is 1.97. The van der Waals surface area contributed by atoms with E-state index in [0.717, 1.165) is 6.26 Å². The van der Waals surface area contributed by atoms with Gasteiger partial charge in [0.1, 0.15) is 0 Å². The quantitative estimate of drug-likeness (QED) is 0.482. The van der Waals surface area contributed by atoms with Crippen LogP contribution in [0.3, 0.4) is 0 Å². The van der Waals surface area contributed by atoms with Crippen molar-refractivity contribution in [1.82, 2.24) is 0 Å². The van der Waals surface area contributed by atoms with Crippen LogP contribution in [0.2, 0.25) is 0 Å². The van der Waals surface area contributed by atoms with Crippen LogP contribution >= 0.6 is 7.82 Å². The second kappa shape index (κ2) is 5.32. The van der Waals surface area contributed by atoms with Crippen LogP contribution in [-0.4, -0.2) is 23.2 Å². The van der Waals surface area contributed by atoms with E-state index in [0.29, 0.717) is 0 Å². The highest BCUT2D eigenvalue weighted by atomic mass is 31.2. The zero-order chi connectivity index (χ0) is 8.74. The molecule has 11 heavy (non-hydrogen) atoms. The third kappa shape index (κ3) is 6.06. The molecule has 0 rings (SSSR count). The molecule has 0 saturated heterocycles. The molecule has 0 saturated carbocycles. The number of allylic oxidation sites excluding steroid dienone is 1. The van der Waals surface area contributed by atoms with Crippen molar-refractivity contribution < 1.29 is 23.6 Å². The number of phosphoric ester groups is 1. The van der Waals surface area contributed by atoms with E-state index < -0.39 is 7.82 Å². The Balaban J connectivity index is 3.71. The van der Waals surface area contributed by atoms with E-state index in [1.807, 2.05) is 0 Å². The van der Waals surface area contributed by atoms with Gasteiger partial charge in [-0.2, -0.15) is 0 Å². The van der Waals surface area contributed by atoms with E-state index >= 15 is 0 Å². The van der Waals surface area contributed by atoms with Crippen LogP contribution < -0.4 is 0 Å². The minimum atomic E-state index is -3.97. The SMILES string of the molecule is CC=COP(=O)(O)OCCO. The fourth-order valence-electron chi connectivity index (χ4n) is 0.324. The molecule has 0 amide bonds. The van der Waals surface area contributed by atoms with Gasteiger partial charge in [0.2, 0.25) is 0 Å². The molecule has 0 aromatic heterocycles. The van der Waals surface area contributed by atoms with Gasteiger partial charge in [-0.15, -0.1) is 0 Å². The molecule has 0 bridgehead atoms. The molecule has 0 aromatic rings. The predicted octanol–water partition coefficient (Wildman–Crippen LogP) is 0.646. The lowest BCUT2D eigenvalue weighted by atomic mass is 10.8. The summed E-state index contributed by atoms with van der Waals surface area (Å²) < 4.78 is 19.2. The van der Waals surface area contributed by atoms with Gasteiger partial charge >= 0.3 is 7.82 Å². The first-order valence-corrected chi connectivity index (χ1v) is 4.49. The van der Waals surface area contributed by atoms with Crippen molar-refractivity contribution in [2.24, 2.45) is 0 Å². The number of rotatable bonds is 5. The molecule has 2 N–H and O–H groups in total. The van der Waals surface area contributed by atoms with Crippen LogP contribution in [0, 0.1) is 0 Å². The zero-order valence-corrected chi connectivity index (χ0v) is 7.03. The van der Waals surface area contributed by atoms with Gasteiger partial charge in [0.15, 0.2) is 0 Å². The molecule has 0 aliphatic rings. The van der Waals surface area contributed by atoms with Crippen LogP contribution in [0.1, 0.15) is 6.92 Å². The fourth-order valence-corrected chi connectivity index (χ4v) is 0.973. The van der Waals surface area contributed by atoms with Crippen LogP contribution in [0.4, 0.5) is 0 Å². The monoisotopic (exact) mass is 182 g/mol. The number of aliphatic hydroxyl groups excluding tert-OH is 1. The van der Waals surface area contributed by atoms with Crippen molar-refractivity contribution >= 4 is 7.82 Å². The van der Waals surface area contributed by atoms with Gasteiger partial charge in [0.25, 0.3) is 0 Å². The molecule has 0 aliphatic carbocycles. The maximum absolute atomic E-state index is 10.7. The van der Waals surface area contributed by atoms with Gasteiger partial charge in [-0.1, -0.05) is 6.08 Å². The summed E-state index contributed by atoms with van der Waals surface area (Å²) in [5, 5.41) is 8.22. The maximum Gasteiger partial charge on any atom is 0.526 e. The van der Waals surface area contributed by atoms with Gasteiger partial charge in [0, 0.05) is 0 Å². The summed E-state index contributed by atoms with van der Waals surface area (Å²) in [4.78, 5) is 8.73. The summed E-state index contributed by atoms with van der Waals surface area (Å²) in [5.41, 5.74) is 0. The molecule has 66 valence electrons. The predicted molar refractivity (Wildman–Crippen MR) is 38.8 cm³/mol. The Labute approximate surface area is 64.9 Å². The van der Waals surface area contributed by atoms with E-state index in [4.69, 9.17) is 10.00 Å². The maximum atomic E-state index is 10.7. The van der Waals surface area contributed by atoms with E-state index in [1.165, 1.54) is 6.08 Å². The minimum absolute atomic E-state index is 0.217. The lowest BCUT2D eigenvalue weighted by Crippen LogP contribution is -1.97. The average molecular weight is 182 g/mol. The molecule has 0 aromatic carbocycles. The standard InChI is InChI=1S/C5H11O5P/c1-2-4-9-11(7,8)10-5-3-6/h2,4,6H,3,5H2,1H3,(H,7,8). The van der Waals surface area contributed by atoms with E-state index in [2.05, 4.69) is 9.05 Å². The normalized spacial score (nSPS) is 16.6. The van der Waals surface area contributed by atoms with Crippen LogP contribution in [0.5, 0.6) is 0 Å². The number of hydrogen-bond acceptors (Lipinski definition) is 4. The largest absolute Gasteiger partial charge is 0.526 e. The second-order valence-electron chi connectivity index (χ2n) is 1.60. The van der Waals surface area contributed by atoms with Crippen molar-refractivity contribution in [1.29, 1.82) is 0 Å². The number of phosphoric acid groups is 1. The topological polar surface area (TPSA) is 76.0 Å². The summed E-state index contributed by atoms with van der Waals surface area (Å²) in [6.45, 7) is 1.10. The third-order valence-electron chi connectivity index (χ3n) is 0.676. The summed E-state index contributed by atoms with van der Waals surface area (Å²) in [6, 6.07) is 0. The first-order valence-electron chi connectivity index (χ1n) is 3.00. The molecule has 0 heterocycles. The van der Waals surface area contributed by atoms with Gasteiger partial charge in [-0.25, -0.2) is 4.57 Å². The summed E-state index contributed by atoms with van der Waals surface area (Å²) >= 11 is 0. The van der Waals surface area contributed by atoms with Crippen LogP contribution in [0.15, 0.2) is 12.3 Å². The first kappa shape index (κ1) is 10.7. The Morgan fingerprint density at radius 3 is 2.73 bits per heavy atom. The Kier molecular flexibility index (Phi) is 5.15. The minimum Gasteiger partial charge on any atom is -0.412 e. The molecular formula is C5H11O5P. The van der Waals surface area contributed by atoms with Crippen LogP contribution in [0.25, 0.3) is 0 Å². The van der Waals surface area contributed by atoms with Crippen molar-refractivity contribution in [2.75, 3.05) is 13.2 Å². The molecule has 0 fully saturated rings. The van der Waals surface area contributed by atoms with Gasteiger partial charge in [-0.05, 0) is 6.92 Å². The second-order valence-corrected chi connectivity index (χ2v) is 3.01. The smallest absolute Gasteiger partial charge is 0.412 e. The van der Waals surface area contributed by atoms with Crippen molar-refractivity contribution in [3.8, 4) is 0 Å². The Hall–Kier alpha value is -0.350. The van der Waals surface area contributed by atoms with Gasteiger partial charge in [-0.3, -0.25) is 9.42 Å². The highest BCUT2D eigenvalue weighted by Gasteiger charge is 2.19. The summed E-state index contributed by atoms with van der Waals surface area (Å²) in [6.07, 6.45) is 2.50. The number of aliphatic hydroxyl groups is 1. The van der Waals surface area contributed by atoms with Crippen molar-refractivity contribution in [3.05, 3.63) is 12.3 Å². The van der Waals surface area contributed by atoms with Crippen molar-refractivity contribution in [2.45, 2.75) is 6.92 Å². The summed E-state index contributed by atoms with van der Waals surface area (Å²) in [5.74, 6) is 0. The Morgan fingerprint density at radius 2 is 2.27 bits per heavy atom. The molecule has 1 unspecified atom stereocenters. The van der Waals surface area contributed by atoms with Crippen molar-refractivity contribution in [3.63, 3.8) is 0 Å². The zero-order valence-electron chi connectivity index (χ0n) is 6.14. The highest BCUT2D eigenvalue weighted by molar-refractivity contribution is 7.47. The molecule has 0 aliphatic heterocycles. The Morgan fingerprint density at radius 1 is 1.64 bits per heavy atom. The van der Waals surface area contributed by atoms with E-state index in [9.17, 15) is 4.57 Å². The van der Waals surface area contributed by atoms with E-state index in [-0.39, 0.29) is 13.2 Å². The highest BCUT2D eigenvalue weighted by Crippen LogP contribution is 2.43. The first-order chi connectivity index (χ1) is 5.12. The fraction of sp³-hybridized carbons (Fsp3) is 0.600. The molecule has 5 nitrogen and oxygen atoms in total. The lowest BCUT2D eigenvalue weighted by Gasteiger charge is -2.07.